The molecule has 21 heavy (non-hydrogen) atoms. The van der Waals surface area contributed by atoms with Gasteiger partial charge in [0.1, 0.15) is 10.7 Å². The number of fused-ring (bicyclic) bond motifs is 3. The number of hydrogen-bond acceptors (Lipinski definition) is 3. The second kappa shape index (κ2) is 5.39. The quantitative estimate of drug-likeness (QED) is 0.859. The molecule has 1 aromatic carbocycles. The highest BCUT2D eigenvalue weighted by Crippen LogP contribution is 2.38. The largest absolute Gasteiger partial charge is 0.332 e. The molecule has 112 valence electrons. The monoisotopic (exact) mass is 346 g/mol. The van der Waals surface area contributed by atoms with Crippen molar-refractivity contribution in [2.24, 2.45) is 0 Å². The van der Waals surface area contributed by atoms with Gasteiger partial charge in [0.15, 0.2) is 0 Å². The van der Waals surface area contributed by atoms with Crippen LogP contribution >= 0.6 is 35.3 Å². The second-order valence-electron chi connectivity index (χ2n) is 5.31. The molecule has 2 saturated heterocycles. The van der Waals surface area contributed by atoms with Crippen molar-refractivity contribution in [2.45, 2.75) is 18.5 Å². The fourth-order valence-electron chi connectivity index (χ4n) is 3.15. The SMILES string of the molecule is Cl.O=C(c1sc2cccc(F)c2c1Cl)N1C[C@@H]2C[C@H]1CN2. The number of carbonyl (C=O) groups excluding carboxylic acids is 1. The molecule has 0 unspecified atom stereocenters. The fourth-order valence-corrected chi connectivity index (χ4v) is 4.66. The first-order chi connectivity index (χ1) is 9.65. The van der Waals surface area contributed by atoms with Crippen LogP contribution < -0.4 is 5.32 Å². The summed E-state index contributed by atoms with van der Waals surface area (Å²) in [4.78, 5) is 15.0. The Morgan fingerprint density at radius 2 is 2.29 bits per heavy atom. The van der Waals surface area contributed by atoms with Gasteiger partial charge in [-0.25, -0.2) is 4.39 Å². The van der Waals surface area contributed by atoms with Crippen LogP contribution in [0.3, 0.4) is 0 Å². The van der Waals surface area contributed by atoms with Crippen LogP contribution in [0.15, 0.2) is 18.2 Å². The third-order valence-electron chi connectivity index (χ3n) is 4.12. The Morgan fingerprint density at radius 3 is 2.90 bits per heavy atom. The number of piperazine rings is 1. The van der Waals surface area contributed by atoms with E-state index in [0.717, 1.165) is 24.2 Å². The van der Waals surface area contributed by atoms with Crippen LogP contribution in [0.2, 0.25) is 5.02 Å². The van der Waals surface area contributed by atoms with Crippen molar-refractivity contribution in [3.63, 3.8) is 0 Å². The number of amides is 1. The summed E-state index contributed by atoms with van der Waals surface area (Å²) in [6.45, 7) is 1.56. The van der Waals surface area contributed by atoms with E-state index >= 15 is 0 Å². The van der Waals surface area contributed by atoms with Gasteiger partial charge in [0.05, 0.1) is 5.02 Å². The standard InChI is InChI=1S/C14H12ClFN2OS.ClH/c15-12-11-9(16)2-1-3-10(11)20-13(12)14(19)18-6-7-4-8(18)5-17-7;/h1-3,7-8,17H,4-6H2;1H/t7-,8-;/m0./s1. The summed E-state index contributed by atoms with van der Waals surface area (Å²) >= 11 is 7.52. The number of halogens is 3. The van der Waals surface area contributed by atoms with E-state index in [0.29, 0.717) is 16.3 Å². The molecule has 2 aliphatic heterocycles. The van der Waals surface area contributed by atoms with Crippen LogP contribution in [-0.4, -0.2) is 36.0 Å². The van der Waals surface area contributed by atoms with Crippen LogP contribution in [0.4, 0.5) is 4.39 Å². The Balaban J connectivity index is 0.00000132. The maximum Gasteiger partial charge on any atom is 0.265 e. The highest BCUT2D eigenvalue weighted by atomic mass is 35.5. The molecular weight excluding hydrogens is 334 g/mol. The topological polar surface area (TPSA) is 32.3 Å². The van der Waals surface area contributed by atoms with Crippen molar-refractivity contribution >= 4 is 51.3 Å². The van der Waals surface area contributed by atoms with Gasteiger partial charge in [0, 0.05) is 35.3 Å². The van der Waals surface area contributed by atoms with Gasteiger partial charge in [-0.2, -0.15) is 0 Å². The van der Waals surface area contributed by atoms with Crippen molar-refractivity contribution in [3.8, 4) is 0 Å². The summed E-state index contributed by atoms with van der Waals surface area (Å²) in [6.07, 6.45) is 1.00. The zero-order valence-corrected chi connectivity index (χ0v) is 13.3. The van der Waals surface area contributed by atoms with Gasteiger partial charge in [-0.15, -0.1) is 23.7 Å². The number of carbonyl (C=O) groups is 1. The summed E-state index contributed by atoms with van der Waals surface area (Å²) in [5.74, 6) is -0.433. The van der Waals surface area contributed by atoms with Gasteiger partial charge in [-0.1, -0.05) is 17.7 Å². The van der Waals surface area contributed by atoms with E-state index in [1.54, 1.807) is 12.1 Å². The van der Waals surface area contributed by atoms with Gasteiger partial charge in [0.2, 0.25) is 0 Å². The van der Waals surface area contributed by atoms with Gasteiger partial charge in [-0.05, 0) is 18.6 Å². The predicted octanol–water partition coefficient (Wildman–Crippen LogP) is 3.30. The van der Waals surface area contributed by atoms with Gasteiger partial charge in [0.25, 0.3) is 5.91 Å². The predicted molar refractivity (Wildman–Crippen MR) is 85.3 cm³/mol. The van der Waals surface area contributed by atoms with E-state index in [9.17, 15) is 9.18 Å². The zero-order chi connectivity index (χ0) is 13.9. The lowest BCUT2D eigenvalue weighted by atomic mass is 10.2. The van der Waals surface area contributed by atoms with E-state index in [2.05, 4.69) is 5.32 Å². The number of nitrogens with one attached hydrogen (secondary N) is 1. The summed E-state index contributed by atoms with van der Waals surface area (Å²) in [5, 5.41) is 3.98. The maximum atomic E-state index is 13.8. The molecule has 4 rings (SSSR count). The maximum absolute atomic E-state index is 13.8. The van der Waals surface area contributed by atoms with Crippen molar-refractivity contribution in [1.82, 2.24) is 10.2 Å². The molecule has 1 aromatic heterocycles. The minimum Gasteiger partial charge on any atom is -0.332 e. The average molecular weight is 347 g/mol. The molecule has 1 amide bonds. The molecule has 2 fully saturated rings. The van der Waals surface area contributed by atoms with Gasteiger partial charge >= 0.3 is 0 Å². The summed E-state index contributed by atoms with van der Waals surface area (Å²) in [5.41, 5.74) is 0. The van der Waals surface area contributed by atoms with Crippen LogP contribution in [0, 0.1) is 5.82 Å². The van der Waals surface area contributed by atoms with E-state index in [-0.39, 0.29) is 35.2 Å². The Labute approximate surface area is 136 Å². The number of rotatable bonds is 1. The highest BCUT2D eigenvalue weighted by molar-refractivity contribution is 7.21. The Kier molecular flexibility index (Phi) is 3.86. The Bertz CT molecular complexity index is 720. The van der Waals surface area contributed by atoms with Crippen LogP contribution in [0.25, 0.3) is 10.1 Å². The minimum atomic E-state index is -0.368. The number of thiophene rings is 1. The number of hydrogen-bond donors (Lipinski definition) is 1. The lowest BCUT2D eigenvalue weighted by molar-refractivity contribution is 0.0721. The third kappa shape index (κ3) is 2.23. The fraction of sp³-hybridized carbons (Fsp3) is 0.357. The molecule has 0 radical (unpaired) electrons. The number of nitrogens with zero attached hydrogens (tertiary/aromatic N) is 1. The van der Waals surface area contributed by atoms with Crippen molar-refractivity contribution in [1.29, 1.82) is 0 Å². The van der Waals surface area contributed by atoms with Crippen molar-refractivity contribution in [2.75, 3.05) is 13.1 Å². The van der Waals surface area contributed by atoms with E-state index < -0.39 is 0 Å². The third-order valence-corrected chi connectivity index (χ3v) is 5.75. The molecule has 2 atom stereocenters. The molecule has 2 aliphatic rings. The summed E-state index contributed by atoms with van der Waals surface area (Å²) < 4.78 is 14.6. The summed E-state index contributed by atoms with van der Waals surface area (Å²) in [7, 11) is 0. The summed E-state index contributed by atoms with van der Waals surface area (Å²) in [6, 6.07) is 5.45. The number of likely N-dealkylation sites (tertiary alicyclic amines) is 1. The second-order valence-corrected chi connectivity index (χ2v) is 6.74. The van der Waals surface area contributed by atoms with Crippen molar-refractivity contribution in [3.05, 3.63) is 33.9 Å². The van der Waals surface area contributed by atoms with E-state index in [4.69, 9.17) is 11.6 Å². The first-order valence-electron chi connectivity index (χ1n) is 6.56. The van der Waals surface area contributed by atoms with Crippen LogP contribution in [0.1, 0.15) is 16.1 Å². The molecule has 2 aromatic rings. The lowest BCUT2D eigenvalue weighted by Gasteiger charge is -2.27. The Morgan fingerprint density at radius 1 is 1.48 bits per heavy atom. The highest BCUT2D eigenvalue weighted by Gasteiger charge is 2.41. The Hall–Kier alpha value is -0.880. The van der Waals surface area contributed by atoms with E-state index in [1.807, 2.05) is 4.90 Å². The smallest absolute Gasteiger partial charge is 0.265 e. The normalized spacial score (nSPS) is 23.6. The zero-order valence-electron chi connectivity index (χ0n) is 10.9. The first-order valence-corrected chi connectivity index (χ1v) is 7.75. The first kappa shape index (κ1) is 15.0. The molecule has 2 bridgehead atoms. The van der Waals surface area contributed by atoms with Gasteiger partial charge in [-0.3, -0.25) is 4.79 Å². The van der Waals surface area contributed by atoms with Gasteiger partial charge < -0.3 is 10.2 Å². The molecule has 7 heteroatoms. The molecule has 0 spiro atoms. The number of benzene rings is 1. The molecule has 0 aliphatic carbocycles. The molecule has 3 heterocycles. The van der Waals surface area contributed by atoms with Crippen molar-refractivity contribution < 1.29 is 9.18 Å². The van der Waals surface area contributed by atoms with E-state index in [1.165, 1.54) is 17.4 Å². The molecule has 1 N–H and O–H groups in total. The molecular formula is C14H13Cl2FN2OS. The van der Waals surface area contributed by atoms with Crippen LogP contribution in [0.5, 0.6) is 0 Å². The van der Waals surface area contributed by atoms with Crippen LogP contribution in [-0.2, 0) is 0 Å². The molecule has 0 saturated carbocycles. The minimum absolute atomic E-state index is 0. The average Bonchev–Trinajstić information content (AvgIpc) is 3.12. The lowest BCUT2D eigenvalue weighted by Crippen LogP contribution is -2.46. The molecule has 3 nitrogen and oxygen atoms in total.